The Morgan fingerprint density at radius 1 is 0.907 bits per heavy atom. The van der Waals surface area contributed by atoms with Gasteiger partial charge in [0.15, 0.2) is 0 Å². The first kappa shape index (κ1) is 37.8. The molecule has 0 saturated carbocycles. The van der Waals surface area contributed by atoms with Gasteiger partial charge >= 0.3 is 5.97 Å². The summed E-state index contributed by atoms with van der Waals surface area (Å²) in [4.78, 5) is 34.1. The predicted molar refractivity (Wildman–Crippen MR) is 165 cm³/mol. The standard InChI is InChI=1S/C20H23NO6S.C10H18ClNO3/c1-15(2)20(22)27-18-8-6-17(7-9-18)21-14-25-12-13-26-28(23,24)19-10-4-16(3)5-11-19;1-9(2)10(13)12(3)6-8-15-14-7-4-5-11/h4-11,21H,1,12-14H2,2-3H3;1,4-8H2,2-3H3. The number of nitrogens with zero attached hydrogens (tertiary/aromatic N) is 1. The van der Waals surface area contributed by atoms with Crippen molar-refractivity contribution in [1.29, 1.82) is 0 Å². The second-order valence-corrected chi connectivity index (χ2v) is 11.2. The van der Waals surface area contributed by atoms with Crippen LogP contribution in [0.2, 0.25) is 0 Å². The van der Waals surface area contributed by atoms with Gasteiger partial charge in [0.2, 0.25) is 5.91 Å². The molecule has 43 heavy (non-hydrogen) atoms. The molecule has 2 aromatic rings. The van der Waals surface area contributed by atoms with Gasteiger partial charge in [0.1, 0.15) is 12.5 Å². The molecule has 11 nitrogen and oxygen atoms in total. The molecule has 0 aliphatic carbocycles. The van der Waals surface area contributed by atoms with Crippen molar-refractivity contribution in [2.24, 2.45) is 0 Å². The number of nitrogens with one attached hydrogen (secondary N) is 1. The number of benzene rings is 2. The molecule has 0 unspecified atom stereocenters. The lowest BCUT2D eigenvalue weighted by molar-refractivity contribution is -0.294. The van der Waals surface area contributed by atoms with Gasteiger partial charge < -0.3 is 19.7 Å². The number of carbonyl (C=O) groups excluding carboxylic acids is 2. The minimum atomic E-state index is -3.79. The third kappa shape index (κ3) is 16.2. The molecule has 0 atom stereocenters. The average molecular weight is 641 g/mol. The van der Waals surface area contributed by atoms with Crippen LogP contribution in [0, 0.1) is 6.92 Å². The van der Waals surface area contributed by atoms with Crippen molar-refractivity contribution in [3.63, 3.8) is 0 Å². The average Bonchev–Trinajstić information content (AvgIpc) is 2.97. The minimum absolute atomic E-state index is 0.0839. The summed E-state index contributed by atoms with van der Waals surface area (Å²) in [7, 11) is -2.09. The number of carbonyl (C=O) groups is 2. The molecule has 0 aliphatic rings. The highest BCUT2D eigenvalue weighted by Gasteiger charge is 2.14. The van der Waals surface area contributed by atoms with Gasteiger partial charge in [-0.2, -0.15) is 8.42 Å². The molecule has 13 heteroatoms. The molecular formula is C30H41ClN2O9S. The molecule has 0 bridgehead atoms. The van der Waals surface area contributed by atoms with E-state index in [0.717, 1.165) is 17.7 Å². The second-order valence-electron chi connectivity index (χ2n) is 9.21. The first-order valence-corrected chi connectivity index (χ1v) is 15.3. The summed E-state index contributed by atoms with van der Waals surface area (Å²) in [6.45, 7) is 13.7. The van der Waals surface area contributed by atoms with Crippen LogP contribution >= 0.6 is 11.6 Å². The van der Waals surface area contributed by atoms with E-state index in [9.17, 15) is 18.0 Å². The molecule has 0 heterocycles. The molecule has 1 amide bonds. The highest BCUT2D eigenvalue weighted by atomic mass is 35.5. The van der Waals surface area contributed by atoms with E-state index >= 15 is 0 Å². The number of hydrogen-bond donors (Lipinski definition) is 1. The van der Waals surface area contributed by atoms with E-state index in [2.05, 4.69) is 18.5 Å². The Morgan fingerprint density at radius 3 is 2.12 bits per heavy atom. The lowest BCUT2D eigenvalue weighted by Gasteiger charge is -2.16. The number of aryl methyl sites for hydroxylation is 1. The van der Waals surface area contributed by atoms with E-state index in [-0.39, 0.29) is 30.7 Å². The van der Waals surface area contributed by atoms with Crippen LogP contribution in [0.5, 0.6) is 5.75 Å². The lowest BCUT2D eigenvalue weighted by Crippen LogP contribution is -2.30. The molecule has 2 aromatic carbocycles. The highest BCUT2D eigenvalue weighted by molar-refractivity contribution is 7.86. The van der Waals surface area contributed by atoms with Crippen LogP contribution in [0.4, 0.5) is 5.69 Å². The third-order valence-corrected chi connectivity index (χ3v) is 6.83. The number of halogens is 1. The van der Waals surface area contributed by atoms with Gasteiger partial charge in [0.05, 0.1) is 31.3 Å². The largest absolute Gasteiger partial charge is 0.423 e. The first-order valence-electron chi connectivity index (χ1n) is 13.3. The molecule has 0 saturated heterocycles. The molecule has 238 valence electrons. The van der Waals surface area contributed by atoms with Crippen molar-refractivity contribution >= 4 is 39.3 Å². The summed E-state index contributed by atoms with van der Waals surface area (Å²) >= 11 is 5.44. The van der Waals surface area contributed by atoms with E-state index in [1.165, 1.54) is 17.0 Å². The molecule has 0 radical (unpaired) electrons. The van der Waals surface area contributed by atoms with Gasteiger partial charge in [-0.25, -0.2) is 14.6 Å². The number of hydrogen-bond acceptors (Lipinski definition) is 10. The summed E-state index contributed by atoms with van der Waals surface area (Å²) < 4.78 is 39.4. The normalized spacial score (nSPS) is 10.7. The maximum atomic E-state index is 12.0. The number of likely N-dealkylation sites (N-methyl/N-ethyl adjacent to an activating group) is 1. The van der Waals surface area contributed by atoms with Crippen molar-refractivity contribution in [3.8, 4) is 5.75 Å². The van der Waals surface area contributed by atoms with Crippen molar-refractivity contribution < 1.29 is 41.4 Å². The molecule has 0 aliphatic heterocycles. The molecule has 0 spiro atoms. The smallest absolute Gasteiger partial charge is 0.338 e. The zero-order valence-corrected chi connectivity index (χ0v) is 26.7. The SMILES string of the molecule is C=C(C)C(=O)N(C)CCOOCCCCl.C=C(C)C(=O)Oc1ccc(NCOCCOS(=O)(=O)c2ccc(C)cc2)cc1. The van der Waals surface area contributed by atoms with Crippen LogP contribution in [-0.4, -0.2) is 77.8 Å². The Balaban J connectivity index is 0.000000523. The number of rotatable bonds is 18. The second kappa shape index (κ2) is 20.6. The van der Waals surface area contributed by atoms with Crippen LogP contribution in [-0.2, 0) is 38.4 Å². The van der Waals surface area contributed by atoms with Crippen LogP contribution in [0.25, 0.3) is 0 Å². The number of ether oxygens (including phenoxy) is 2. The fourth-order valence-electron chi connectivity index (χ4n) is 2.85. The quantitative estimate of drug-likeness (QED) is 0.0277. The van der Waals surface area contributed by atoms with Crippen LogP contribution in [0.3, 0.4) is 0 Å². The van der Waals surface area contributed by atoms with Gasteiger partial charge in [-0.15, -0.1) is 11.6 Å². The zero-order valence-electron chi connectivity index (χ0n) is 25.1. The maximum Gasteiger partial charge on any atom is 0.338 e. The molecule has 0 fully saturated rings. The van der Waals surface area contributed by atoms with E-state index in [0.29, 0.717) is 42.5 Å². The van der Waals surface area contributed by atoms with Crippen LogP contribution in [0.1, 0.15) is 25.8 Å². The van der Waals surface area contributed by atoms with Crippen molar-refractivity contribution in [2.45, 2.75) is 32.1 Å². The van der Waals surface area contributed by atoms with E-state index < -0.39 is 16.1 Å². The first-order chi connectivity index (χ1) is 20.4. The van der Waals surface area contributed by atoms with Crippen molar-refractivity contribution in [2.75, 3.05) is 57.9 Å². The highest BCUT2D eigenvalue weighted by Crippen LogP contribution is 2.17. The van der Waals surface area contributed by atoms with Gasteiger partial charge in [-0.05, 0) is 63.6 Å². The predicted octanol–water partition coefficient (Wildman–Crippen LogP) is 4.87. The molecular weight excluding hydrogens is 600 g/mol. The monoisotopic (exact) mass is 640 g/mol. The van der Waals surface area contributed by atoms with E-state index in [1.807, 2.05) is 6.92 Å². The molecule has 0 aromatic heterocycles. The zero-order chi connectivity index (χ0) is 32.3. The number of amides is 1. The summed E-state index contributed by atoms with van der Waals surface area (Å²) in [5.41, 5.74) is 2.56. The topological polar surface area (TPSA) is 130 Å². The van der Waals surface area contributed by atoms with Crippen molar-refractivity contribution in [3.05, 3.63) is 78.4 Å². The van der Waals surface area contributed by atoms with Gasteiger partial charge in [0, 0.05) is 36.3 Å². The third-order valence-electron chi connectivity index (χ3n) is 5.23. The molecule has 1 N–H and O–H groups in total. The van der Waals surface area contributed by atoms with Crippen LogP contribution < -0.4 is 10.1 Å². The summed E-state index contributed by atoms with van der Waals surface area (Å²) in [6.07, 6.45) is 0.752. The summed E-state index contributed by atoms with van der Waals surface area (Å²) in [6, 6.07) is 13.2. The Labute approximate surface area is 259 Å². The summed E-state index contributed by atoms with van der Waals surface area (Å²) in [5.74, 6) is 0.399. The number of anilines is 1. The number of esters is 1. The minimum Gasteiger partial charge on any atom is -0.423 e. The Bertz CT molecular complexity index is 1270. The van der Waals surface area contributed by atoms with E-state index in [4.69, 9.17) is 35.0 Å². The maximum absolute atomic E-state index is 12.0. The number of alkyl halides is 1. The van der Waals surface area contributed by atoms with Crippen molar-refractivity contribution in [1.82, 2.24) is 4.90 Å². The Morgan fingerprint density at radius 2 is 1.53 bits per heavy atom. The van der Waals surface area contributed by atoms with Crippen LogP contribution in [0.15, 0.2) is 77.7 Å². The molecule has 2 rings (SSSR count). The Hall–Kier alpha value is -3.26. The fraction of sp³-hybridized carbons (Fsp3) is 0.400. The van der Waals surface area contributed by atoms with Gasteiger partial charge in [0.25, 0.3) is 10.1 Å². The fourth-order valence-corrected chi connectivity index (χ4v) is 3.85. The van der Waals surface area contributed by atoms with Gasteiger partial charge in [-0.3, -0.25) is 8.98 Å². The lowest BCUT2D eigenvalue weighted by atomic mass is 10.2. The van der Waals surface area contributed by atoms with Gasteiger partial charge in [-0.1, -0.05) is 30.9 Å². The summed E-state index contributed by atoms with van der Waals surface area (Å²) in [5, 5.41) is 3.00. The Kier molecular flexibility index (Phi) is 18.1. The van der Waals surface area contributed by atoms with E-state index in [1.54, 1.807) is 57.3 Å².